The molecule has 0 aliphatic carbocycles. The lowest BCUT2D eigenvalue weighted by Gasteiger charge is -2.16. The molecule has 1 aliphatic rings. The van der Waals surface area contributed by atoms with Crippen LogP contribution in [-0.4, -0.2) is 33.9 Å². The topological polar surface area (TPSA) is 179 Å². The Kier molecular flexibility index (Phi) is 5.70. The average molecular weight is 419 g/mol. The highest BCUT2D eigenvalue weighted by molar-refractivity contribution is 6.02. The second-order valence-electron chi connectivity index (χ2n) is 5.75. The summed E-state index contributed by atoms with van der Waals surface area (Å²) in [4.78, 5) is 42.0. The smallest absolute Gasteiger partial charge is 0.408 e. The number of hydrogen-bond donors (Lipinski definition) is 2. The van der Waals surface area contributed by atoms with Crippen LogP contribution in [0.2, 0.25) is 0 Å². The molecule has 1 aromatic carbocycles. The van der Waals surface area contributed by atoms with E-state index in [4.69, 9.17) is 10.9 Å². The Labute approximate surface area is 158 Å². The molecule has 0 spiro atoms. The molecule has 3 N–H and O–H groups in total. The van der Waals surface area contributed by atoms with Gasteiger partial charge < -0.3 is 10.9 Å². The van der Waals surface area contributed by atoms with Gasteiger partial charge in [-0.15, -0.1) is 10.2 Å². The lowest BCUT2D eigenvalue weighted by atomic mass is 10.0. The maximum absolute atomic E-state index is 13.1. The fraction of sp³-hybridized carbons (Fsp3) is 0.357. The number of oxime groups is 1. The molecule has 1 unspecified atom stereocenters. The summed E-state index contributed by atoms with van der Waals surface area (Å²) in [6.07, 6.45) is -5.52. The highest BCUT2D eigenvalue weighted by Crippen LogP contribution is 2.53. The lowest BCUT2D eigenvalue weighted by Crippen LogP contribution is -2.31. The number of nitrogens with zero attached hydrogens (tertiary/aromatic N) is 4. The molecule has 0 fully saturated rings. The second kappa shape index (κ2) is 7.69. The number of amides is 1. The average Bonchev–Trinajstić information content (AvgIpc) is 3.42. The molecule has 1 aromatic rings. The van der Waals surface area contributed by atoms with Crippen molar-refractivity contribution in [3.63, 3.8) is 0 Å². The van der Waals surface area contributed by atoms with Gasteiger partial charge >= 0.3 is 17.5 Å². The van der Waals surface area contributed by atoms with Crippen LogP contribution < -0.4 is 10.6 Å². The summed E-state index contributed by atoms with van der Waals surface area (Å²) in [5.41, 5.74) is 0.499. The van der Waals surface area contributed by atoms with Crippen molar-refractivity contribution in [3.05, 3.63) is 33.9 Å². The van der Waals surface area contributed by atoms with Crippen LogP contribution >= 0.6 is 0 Å². The fourth-order valence-electron chi connectivity index (χ4n) is 2.23. The maximum Gasteiger partial charge on any atom is 0.442 e. The molecule has 0 radical (unpaired) electrons. The van der Waals surface area contributed by atoms with Crippen molar-refractivity contribution < 1.29 is 42.7 Å². The predicted octanol–water partition coefficient (Wildman–Crippen LogP) is 1.95. The first kappa shape index (κ1) is 21.5. The van der Waals surface area contributed by atoms with E-state index in [2.05, 4.69) is 25.2 Å². The number of benzene rings is 1. The summed E-state index contributed by atoms with van der Waals surface area (Å²) in [6, 6.07) is 2.13. The fourth-order valence-corrected chi connectivity index (χ4v) is 2.23. The number of alkyl halides is 3. The van der Waals surface area contributed by atoms with E-state index >= 15 is 0 Å². The molecule has 1 atom stereocenters. The molecule has 0 aromatic heterocycles. The minimum absolute atomic E-state index is 0.536. The van der Waals surface area contributed by atoms with E-state index in [1.54, 1.807) is 0 Å². The third-order valence-corrected chi connectivity index (χ3v) is 3.76. The molecular formula is C14H12F3N5O7. The number of primary amides is 1. The van der Waals surface area contributed by atoms with Gasteiger partial charge in [0.25, 0.3) is 11.6 Å². The zero-order chi connectivity index (χ0) is 22.0. The van der Waals surface area contributed by atoms with Crippen LogP contribution in [0.4, 0.5) is 18.9 Å². The third-order valence-electron chi connectivity index (χ3n) is 3.76. The molecular weight excluding hydrogens is 407 g/mol. The Hall–Kier alpha value is -3.78. The first-order chi connectivity index (χ1) is 13.4. The summed E-state index contributed by atoms with van der Waals surface area (Å²) in [7, 11) is 0. The Morgan fingerprint density at radius 1 is 1.41 bits per heavy atom. The monoisotopic (exact) mass is 419 g/mol. The largest absolute Gasteiger partial charge is 0.442 e. The number of Topliss-reactive ketones (excluding diaryl/α,β-unsaturated/α-hetero) is 1. The van der Waals surface area contributed by atoms with Gasteiger partial charge in [-0.3, -0.25) is 29.5 Å². The van der Waals surface area contributed by atoms with E-state index in [9.17, 15) is 32.9 Å². The highest BCUT2D eigenvalue weighted by atomic mass is 19.4. The van der Waals surface area contributed by atoms with Crippen molar-refractivity contribution in [3.8, 4) is 5.75 Å². The molecule has 156 valence electrons. The molecule has 0 bridgehead atoms. The number of nitrogens with two attached hydrogens (primary N) is 1. The van der Waals surface area contributed by atoms with Crippen molar-refractivity contribution >= 4 is 23.3 Å². The predicted molar refractivity (Wildman–Crippen MR) is 84.6 cm³/mol. The molecule has 1 amide bonds. The van der Waals surface area contributed by atoms with Crippen LogP contribution in [0, 0.1) is 16.0 Å². The molecule has 1 aliphatic heterocycles. The van der Waals surface area contributed by atoms with E-state index in [0.717, 1.165) is 19.1 Å². The van der Waals surface area contributed by atoms with E-state index in [-0.39, 0.29) is 0 Å². The summed E-state index contributed by atoms with van der Waals surface area (Å²) < 4.78 is 39.2. The lowest BCUT2D eigenvalue weighted by molar-refractivity contribution is -0.387. The van der Waals surface area contributed by atoms with Crippen LogP contribution in [0.5, 0.6) is 5.75 Å². The number of rotatable bonds is 8. The second-order valence-corrected chi connectivity index (χ2v) is 5.75. The van der Waals surface area contributed by atoms with Gasteiger partial charge in [-0.2, -0.15) is 13.2 Å². The van der Waals surface area contributed by atoms with E-state index in [1.165, 1.54) is 0 Å². The molecule has 0 saturated heterocycles. The number of ketones is 1. The number of carbonyl (C=O) groups excluding carboxylic acids is 2. The van der Waals surface area contributed by atoms with Crippen LogP contribution in [0.25, 0.3) is 0 Å². The third kappa shape index (κ3) is 4.39. The number of carbonyl (C=O) groups is 2. The molecule has 2 rings (SSSR count). The first-order valence-corrected chi connectivity index (χ1v) is 7.58. The molecule has 15 heteroatoms. The number of hydrogen-bond acceptors (Lipinski definition) is 10. The molecule has 12 nitrogen and oxygen atoms in total. The van der Waals surface area contributed by atoms with Gasteiger partial charge in [0.1, 0.15) is 11.7 Å². The first-order valence-electron chi connectivity index (χ1n) is 7.58. The van der Waals surface area contributed by atoms with E-state index < -0.39 is 63.7 Å². The van der Waals surface area contributed by atoms with Crippen LogP contribution in [0.3, 0.4) is 0 Å². The van der Waals surface area contributed by atoms with Gasteiger partial charge in [0.15, 0.2) is 0 Å². The standard InChI is InChI=1S/C14H12F3N5O7/c1-6(23)8(5-11(18)24)12(19-25)29-28-10-3-2-7(4-9(10)22(26)27)13(20-21-13)14(15,16)17/h2-4,8,25H,5H2,1H3,(H2,18,24). The van der Waals surface area contributed by atoms with Gasteiger partial charge in [-0.1, -0.05) is 0 Å². The molecule has 29 heavy (non-hydrogen) atoms. The number of nitro groups is 1. The summed E-state index contributed by atoms with van der Waals surface area (Å²) in [6.45, 7) is 1.03. The zero-order valence-electron chi connectivity index (χ0n) is 14.4. The van der Waals surface area contributed by atoms with Gasteiger partial charge in [0, 0.05) is 18.1 Å². The van der Waals surface area contributed by atoms with Crippen LogP contribution in [0.1, 0.15) is 18.9 Å². The van der Waals surface area contributed by atoms with Crippen molar-refractivity contribution in [2.24, 2.45) is 27.0 Å². The Balaban J connectivity index is 2.28. The summed E-state index contributed by atoms with van der Waals surface area (Å²) in [5.74, 6) is -4.62. The molecule has 0 saturated carbocycles. The number of nitro benzene ring substituents is 1. The van der Waals surface area contributed by atoms with E-state index in [1.807, 2.05) is 0 Å². The minimum Gasteiger partial charge on any atom is -0.408 e. The normalized spacial score (nSPS) is 16.1. The van der Waals surface area contributed by atoms with E-state index in [0.29, 0.717) is 6.07 Å². The summed E-state index contributed by atoms with van der Waals surface area (Å²) in [5, 5.41) is 28.7. The molecule has 1 heterocycles. The van der Waals surface area contributed by atoms with Crippen molar-refractivity contribution in [1.29, 1.82) is 0 Å². The SMILES string of the molecule is CC(=O)C(CC(N)=O)C(=NO)OOc1ccc(C2(C(F)(F)F)N=N2)cc1[N+](=O)[O-]. The van der Waals surface area contributed by atoms with Gasteiger partial charge in [-0.25, -0.2) is 0 Å². The highest BCUT2D eigenvalue weighted by Gasteiger charge is 2.65. The minimum atomic E-state index is -4.90. The number of halogens is 3. The van der Waals surface area contributed by atoms with Crippen LogP contribution in [0.15, 0.2) is 33.6 Å². The van der Waals surface area contributed by atoms with Crippen LogP contribution in [-0.2, 0) is 20.1 Å². The van der Waals surface area contributed by atoms with Crippen molar-refractivity contribution in [1.82, 2.24) is 0 Å². The Bertz CT molecular complexity index is 909. The maximum atomic E-state index is 13.1. The zero-order valence-corrected chi connectivity index (χ0v) is 14.4. The van der Waals surface area contributed by atoms with Crippen molar-refractivity contribution in [2.75, 3.05) is 0 Å². The summed E-state index contributed by atoms with van der Waals surface area (Å²) >= 11 is 0. The Morgan fingerprint density at radius 2 is 2.03 bits per heavy atom. The van der Waals surface area contributed by atoms with Gasteiger partial charge in [0.05, 0.1) is 4.92 Å². The van der Waals surface area contributed by atoms with Gasteiger partial charge in [0.2, 0.25) is 5.91 Å². The van der Waals surface area contributed by atoms with Crippen molar-refractivity contribution in [2.45, 2.75) is 25.2 Å². The Morgan fingerprint density at radius 3 is 2.45 bits per heavy atom. The van der Waals surface area contributed by atoms with Gasteiger partial charge in [-0.05, 0) is 24.2 Å². The quantitative estimate of drug-likeness (QED) is 0.161.